The lowest BCUT2D eigenvalue weighted by molar-refractivity contribution is 0.394. The van der Waals surface area contributed by atoms with Gasteiger partial charge in [-0.25, -0.2) is 4.68 Å². The summed E-state index contributed by atoms with van der Waals surface area (Å²) in [7, 11) is 0. The summed E-state index contributed by atoms with van der Waals surface area (Å²) in [6.45, 7) is 3.67. The van der Waals surface area contributed by atoms with Gasteiger partial charge in [0, 0.05) is 6.92 Å². The molecule has 6 nitrogen and oxygen atoms in total. The predicted molar refractivity (Wildman–Crippen MR) is 64.1 cm³/mol. The second-order valence-electron chi connectivity index (χ2n) is 3.91. The normalized spacial score (nSPS) is 10.8. The van der Waals surface area contributed by atoms with Gasteiger partial charge in [0.1, 0.15) is 0 Å². The standard InChI is InChI=1S/C12H11N5O/c1-8-11(12-13-9(2)18-15-12)14-16-17(8)10-6-4-3-5-7-10/h3-7H,1-2H3. The zero-order valence-corrected chi connectivity index (χ0v) is 10.0. The van der Waals surface area contributed by atoms with Crippen molar-refractivity contribution in [3.8, 4) is 17.2 Å². The lowest BCUT2D eigenvalue weighted by Gasteiger charge is -2.01. The number of aromatic nitrogens is 5. The number of para-hydroxylation sites is 1. The minimum atomic E-state index is 0.465. The summed E-state index contributed by atoms with van der Waals surface area (Å²) in [5.74, 6) is 0.978. The van der Waals surface area contributed by atoms with Crippen molar-refractivity contribution in [3.63, 3.8) is 0 Å². The number of hydrogen-bond acceptors (Lipinski definition) is 5. The summed E-state index contributed by atoms with van der Waals surface area (Å²) < 4.78 is 6.70. The Morgan fingerprint density at radius 3 is 2.56 bits per heavy atom. The van der Waals surface area contributed by atoms with E-state index in [2.05, 4.69) is 20.5 Å². The minimum Gasteiger partial charge on any atom is -0.339 e. The van der Waals surface area contributed by atoms with Crippen LogP contribution in [0.5, 0.6) is 0 Å². The van der Waals surface area contributed by atoms with Crippen LogP contribution in [-0.2, 0) is 0 Å². The quantitative estimate of drug-likeness (QED) is 0.685. The van der Waals surface area contributed by atoms with Crippen LogP contribution in [0.2, 0.25) is 0 Å². The first kappa shape index (κ1) is 10.6. The molecular formula is C12H11N5O. The molecule has 6 heteroatoms. The van der Waals surface area contributed by atoms with Crippen LogP contribution in [0.4, 0.5) is 0 Å². The molecule has 0 fully saturated rings. The summed E-state index contributed by atoms with van der Waals surface area (Å²) in [5, 5.41) is 12.1. The van der Waals surface area contributed by atoms with Gasteiger partial charge in [0.2, 0.25) is 11.7 Å². The van der Waals surface area contributed by atoms with Gasteiger partial charge in [0.15, 0.2) is 5.69 Å². The lowest BCUT2D eigenvalue weighted by Crippen LogP contribution is -1.98. The topological polar surface area (TPSA) is 69.6 Å². The second-order valence-corrected chi connectivity index (χ2v) is 3.91. The molecule has 0 radical (unpaired) electrons. The largest absolute Gasteiger partial charge is 0.339 e. The van der Waals surface area contributed by atoms with Crippen molar-refractivity contribution >= 4 is 0 Å². The molecule has 0 aliphatic rings. The molecule has 3 rings (SSSR count). The Morgan fingerprint density at radius 2 is 1.89 bits per heavy atom. The molecule has 0 unspecified atom stereocenters. The van der Waals surface area contributed by atoms with Gasteiger partial charge in [-0.1, -0.05) is 28.6 Å². The van der Waals surface area contributed by atoms with Crippen LogP contribution >= 0.6 is 0 Å². The molecule has 3 aromatic rings. The van der Waals surface area contributed by atoms with E-state index >= 15 is 0 Å². The van der Waals surface area contributed by atoms with Crippen LogP contribution in [-0.4, -0.2) is 25.1 Å². The smallest absolute Gasteiger partial charge is 0.224 e. The molecule has 1 aromatic carbocycles. The van der Waals surface area contributed by atoms with Crippen LogP contribution in [0.3, 0.4) is 0 Å². The highest BCUT2D eigenvalue weighted by molar-refractivity contribution is 5.52. The van der Waals surface area contributed by atoms with Gasteiger partial charge in [-0.3, -0.25) is 0 Å². The Morgan fingerprint density at radius 1 is 1.11 bits per heavy atom. The fourth-order valence-electron chi connectivity index (χ4n) is 1.75. The third kappa shape index (κ3) is 1.67. The number of benzene rings is 1. The van der Waals surface area contributed by atoms with Crippen molar-refractivity contribution in [1.29, 1.82) is 0 Å². The first-order valence-corrected chi connectivity index (χ1v) is 5.54. The fourth-order valence-corrected chi connectivity index (χ4v) is 1.75. The lowest BCUT2D eigenvalue weighted by atomic mass is 10.3. The van der Waals surface area contributed by atoms with E-state index in [-0.39, 0.29) is 0 Å². The zero-order valence-electron chi connectivity index (χ0n) is 10.0. The Labute approximate surface area is 103 Å². The van der Waals surface area contributed by atoms with E-state index < -0.39 is 0 Å². The molecule has 0 saturated heterocycles. The molecule has 2 aromatic heterocycles. The monoisotopic (exact) mass is 241 g/mol. The van der Waals surface area contributed by atoms with Crippen molar-refractivity contribution in [3.05, 3.63) is 41.9 Å². The van der Waals surface area contributed by atoms with Crippen molar-refractivity contribution in [1.82, 2.24) is 25.1 Å². The Kier molecular flexibility index (Phi) is 2.40. The maximum atomic E-state index is 4.95. The van der Waals surface area contributed by atoms with Gasteiger partial charge in [-0.05, 0) is 19.1 Å². The first-order chi connectivity index (χ1) is 8.75. The van der Waals surface area contributed by atoms with Crippen molar-refractivity contribution in [2.24, 2.45) is 0 Å². The third-order valence-electron chi connectivity index (χ3n) is 2.63. The predicted octanol–water partition coefficient (Wildman–Crippen LogP) is 1.93. The summed E-state index contributed by atoms with van der Waals surface area (Å²) in [6.07, 6.45) is 0. The molecule has 0 N–H and O–H groups in total. The van der Waals surface area contributed by atoms with Crippen LogP contribution in [0.25, 0.3) is 17.2 Å². The summed E-state index contributed by atoms with van der Waals surface area (Å²) in [4.78, 5) is 4.16. The highest BCUT2D eigenvalue weighted by atomic mass is 16.5. The fraction of sp³-hybridized carbons (Fsp3) is 0.167. The van der Waals surface area contributed by atoms with Gasteiger partial charge < -0.3 is 4.52 Å². The van der Waals surface area contributed by atoms with E-state index in [9.17, 15) is 0 Å². The molecule has 0 aliphatic heterocycles. The van der Waals surface area contributed by atoms with E-state index in [1.54, 1.807) is 11.6 Å². The summed E-state index contributed by atoms with van der Waals surface area (Å²) >= 11 is 0. The molecule has 0 spiro atoms. The number of aryl methyl sites for hydroxylation is 1. The number of nitrogens with zero attached hydrogens (tertiary/aromatic N) is 5. The molecule has 0 amide bonds. The van der Waals surface area contributed by atoms with Gasteiger partial charge in [-0.2, -0.15) is 4.98 Å². The molecule has 0 atom stereocenters. The van der Waals surface area contributed by atoms with E-state index in [1.807, 2.05) is 37.3 Å². The Hall–Kier alpha value is -2.50. The SMILES string of the molecule is Cc1nc(-c2nnn(-c3ccccc3)c2C)no1. The van der Waals surface area contributed by atoms with Crippen LogP contribution in [0.1, 0.15) is 11.6 Å². The second kappa shape index (κ2) is 4.06. The number of rotatable bonds is 2. The maximum absolute atomic E-state index is 4.95. The average molecular weight is 241 g/mol. The molecule has 90 valence electrons. The van der Waals surface area contributed by atoms with Crippen molar-refractivity contribution < 1.29 is 4.52 Å². The minimum absolute atomic E-state index is 0.465. The van der Waals surface area contributed by atoms with Gasteiger partial charge >= 0.3 is 0 Å². The van der Waals surface area contributed by atoms with Crippen molar-refractivity contribution in [2.45, 2.75) is 13.8 Å². The maximum Gasteiger partial charge on any atom is 0.224 e. The molecular weight excluding hydrogens is 230 g/mol. The van der Waals surface area contributed by atoms with E-state index in [1.165, 1.54) is 0 Å². The van der Waals surface area contributed by atoms with E-state index in [0.717, 1.165) is 11.4 Å². The highest BCUT2D eigenvalue weighted by Gasteiger charge is 2.16. The van der Waals surface area contributed by atoms with E-state index in [0.29, 0.717) is 17.4 Å². The Bertz CT molecular complexity index is 671. The molecule has 2 heterocycles. The highest BCUT2D eigenvalue weighted by Crippen LogP contribution is 2.19. The van der Waals surface area contributed by atoms with Crippen molar-refractivity contribution in [2.75, 3.05) is 0 Å². The third-order valence-corrected chi connectivity index (χ3v) is 2.63. The Balaban J connectivity index is 2.08. The zero-order chi connectivity index (χ0) is 12.5. The number of hydrogen-bond donors (Lipinski definition) is 0. The summed E-state index contributed by atoms with van der Waals surface area (Å²) in [5.41, 5.74) is 2.46. The van der Waals surface area contributed by atoms with Crippen LogP contribution < -0.4 is 0 Å². The molecule has 0 aliphatic carbocycles. The average Bonchev–Trinajstić information content (AvgIpc) is 2.97. The van der Waals surface area contributed by atoms with Gasteiger partial charge in [0.25, 0.3) is 0 Å². The molecule has 18 heavy (non-hydrogen) atoms. The van der Waals surface area contributed by atoms with E-state index in [4.69, 9.17) is 4.52 Å². The van der Waals surface area contributed by atoms with Gasteiger partial charge in [0.05, 0.1) is 11.4 Å². The van der Waals surface area contributed by atoms with Crippen LogP contribution in [0, 0.1) is 13.8 Å². The summed E-state index contributed by atoms with van der Waals surface area (Å²) in [6, 6.07) is 9.79. The molecule has 0 bridgehead atoms. The molecule has 0 saturated carbocycles. The van der Waals surface area contributed by atoms with Crippen LogP contribution in [0.15, 0.2) is 34.9 Å². The first-order valence-electron chi connectivity index (χ1n) is 5.54. The van der Waals surface area contributed by atoms with Gasteiger partial charge in [-0.15, -0.1) is 5.10 Å².